The Labute approximate surface area is 131 Å². The van der Waals surface area contributed by atoms with Gasteiger partial charge in [-0.25, -0.2) is 0 Å². The first-order valence-corrected chi connectivity index (χ1v) is 8.30. The van der Waals surface area contributed by atoms with E-state index in [-0.39, 0.29) is 0 Å². The summed E-state index contributed by atoms with van der Waals surface area (Å²) in [6.45, 7) is 8.81. The molecule has 3 nitrogen and oxygen atoms in total. The Morgan fingerprint density at radius 2 is 1.73 bits per heavy atom. The van der Waals surface area contributed by atoms with E-state index in [1.165, 1.54) is 27.4 Å². The number of hydrogen-bond acceptors (Lipinski definition) is 2. The van der Waals surface area contributed by atoms with Gasteiger partial charge in [-0.2, -0.15) is 0 Å². The van der Waals surface area contributed by atoms with Crippen LogP contribution < -0.4 is 5.32 Å². The quantitative estimate of drug-likeness (QED) is 0.800. The number of aromatic nitrogens is 1. The van der Waals surface area contributed by atoms with Crippen molar-refractivity contribution in [2.75, 3.05) is 26.2 Å². The number of hydrogen-bond donors (Lipinski definition) is 1. The van der Waals surface area contributed by atoms with E-state index in [1.54, 1.807) is 0 Å². The fourth-order valence-electron chi connectivity index (χ4n) is 3.67. The second kappa shape index (κ2) is 5.75. The van der Waals surface area contributed by atoms with E-state index in [9.17, 15) is 0 Å². The minimum absolute atomic E-state index is 1.02. The van der Waals surface area contributed by atoms with Crippen molar-refractivity contribution in [1.29, 1.82) is 0 Å². The van der Waals surface area contributed by atoms with Crippen LogP contribution in [0.1, 0.15) is 12.5 Å². The molecule has 114 valence electrons. The van der Waals surface area contributed by atoms with Crippen LogP contribution in [0, 0.1) is 0 Å². The van der Waals surface area contributed by atoms with Gasteiger partial charge in [-0.15, -0.1) is 0 Å². The zero-order chi connectivity index (χ0) is 14.9. The third-order valence-electron chi connectivity index (χ3n) is 4.77. The highest BCUT2D eigenvalue weighted by molar-refractivity contribution is 6.08. The van der Waals surface area contributed by atoms with Gasteiger partial charge in [-0.1, -0.05) is 24.3 Å². The second-order valence-corrected chi connectivity index (χ2v) is 6.14. The fraction of sp³-hybridized carbons (Fsp3) is 0.368. The fourth-order valence-corrected chi connectivity index (χ4v) is 3.67. The van der Waals surface area contributed by atoms with E-state index in [4.69, 9.17) is 0 Å². The van der Waals surface area contributed by atoms with Gasteiger partial charge in [0.05, 0.1) is 0 Å². The molecule has 0 unspecified atom stereocenters. The van der Waals surface area contributed by atoms with Crippen LogP contribution in [0.5, 0.6) is 0 Å². The molecule has 1 aliphatic rings. The molecule has 0 spiro atoms. The average molecular weight is 293 g/mol. The lowest BCUT2D eigenvalue weighted by atomic mass is 10.1. The molecule has 2 aromatic carbocycles. The molecule has 1 aliphatic heterocycles. The van der Waals surface area contributed by atoms with E-state index in [0.717, 1.165) is 39.3 Å². The minimum Gasteiger partial charge on any atom is -0.341 e. The van der Waals surface area contributed by atoms with Crippen molar-refractivity contribution >= 4 is 21.8 Å². The van der Waals surface area contributed by atoms with Crippen molar-refractivity contribution in [1.82, 2.24) is 14.8 Å². The number of fused-ring (bicyclic) bond motifs is 3. The van der Waals surface area contributed by atoms with Crippen molar-refractivity contribution in [3.8, 4) is 0 Å². The molecule has 1 N–H and O–H groups in total. The monoisotopic (exact) mass is 293 g/mol. The lowest BCUT2D eigenvalue weighted by Crippen LogP contribution is -2.42. The van der Waals surface area contributed by atoms with Crippen LogP contribution in [0.15, 0.2) is 42.5 Å². The van der Waals surface area contributed by atoms with Gasteiger partial charge in [-0.3, -0.25) is 4.90 Å². The summed E-state index contributed by atoms with van der Waals surface area (Å²) in [5.74, 6) is 0. The van der Waals surface area contributed by atoms with Gasteiger partial charge in [0.2, 0.25) is 0 Å². The SMILES string of the molecule is CCn1c2ccccc2c2cc(CN3CCNCC3)ccc21. The molecular formula is C19H23N3. The molecule has 0 bridgehead atoms. The molecule has 0 radical (unpaired) electrons. The van der Waals surface area contributed by atoms with E-state index < -0.39 is 0 Å². The summed E-state index contributed by atoms with van der Waals surface area (Å²) in [5, 5.41) is 6.19. The van der Waals surface area contributed by atoms with Gasteiger partial charge in [0.1, 0.15) is 0 Å². The number of nitrogens with zero attached hydrogens (tertiary/aromatic N) is 2. The van der Waals surface area contributed by atoms with Gasteiger partial charge < -0.3 is 9.88 Å². The highest BCUT2D eigenvalue weighted by Gasteiger charge is 2.13. The number of piperazine rings is 1. The van der Waals surface area contributed by atoms with Crippen LogP contribution in [-0.4, -0.2) is 35.6 Å². The molecule has 22 heavy (non-hydrogen) atoms. The lowest BCUT2D eigenvalue weighted by Gasteiger charge is -2.27. The maximum Gasteiger partial charge on any atom is 0.0491 e. The van der Waals surface area contributed by atoms with Crippen LogP contribution in [0.2, 0.25) is 0 Å². The summed E-state index contributed by atoms with van der Waals surface area (Å²) in [4.78, 5) is 2.54. The molecule has 3 aromatic rings. The van der Waals surface area contributed by atoms with Crippen LogP contribution in [0.25, 0.3) is 21.8 Å². The number of benzene rings is 2. The minimum atomic E-state index is 1.02. The molecule has 4 rings (SSSR count). The third kappa shape index (κ3) is 2.31. The van der Waals surface area contributed by atoms with Crippen LogP contribution >= 0.6 is 0 Å². The molecule has 0 amide bonds. The second-order valence-electron chi connectivity index (χ2n) is 6.14. The normalized spacial score (nSPS) is 16.6. The maximum atomic E-state index is 3.42. The van der Waals surface area contributed by atoms with Crippen LogP contribution in [-0.2, 0) is 13.1 Å². The zero-order valence-corrected chi connectivity index (χ0v) is 13.2. The molecular weight excluding hydrogens is 270 g/mol. The maximum absolute atomic E-state index is 3.42. The molecule has 0 saturated carbocycles. The van der Waals surface area contributed by atoms with E-state index in [2.05, 4.69) is 64.2 Å². The third-order valence-corrected chi connectivity index (χ3v) is 4.77. The number of para-hydroxylation sites is 1. The molecule has 0 aliphatic carbocycles. The summed E-state index contributed by atoms with van der Waals surface area (Å²) in [7, 11) is 0. The van der Waals surface area contributed by atoms with Crippen molar-refractivity contribution in [3.05, 3.63) is 48.0 Å². The Kier molecular flexibility index (Phi) is 3.60. The summed E-state index contributed by atoms with van der Waals surface area (Å²) < 4.78 is 2.42. The average Bonchev–Trinajstić information content (AvgIpc) is 2.89. The van der Waals surface area contributed by atoms with Gasteiger partial charge in [0.25, 0.3) is 0 Å². The number of aryl methyl sites for hydroxylation is 1. The molecule has 1 fully saturated rings. The summed E-state index contributed by atoms with van der Waals surface area (Å²) >= 11 is 0. The molecule has 3 heteroatoms. The van der Waals surface area contributed by atoms with Gasteiger partial charge in [0, 0.05) is 61.1 Å². The first-order valence-electron chi connectivity index (χ1n) is 8.30. The lowest BCUT2D eigenvalue weighted by molar-refractivity contribution is 0.233. The van der Waals surface area contributed by atoms with Crippen molar-refractivity contribution < 1.29 is 0 Å². The van der Waals surface area contributed by atoms with Gasteiger partial charge >= 0.3 is 0 Å². The summed E-state index contributed by atoms with van der Waals surface area (Å²) in [5.41, 5.74) is 4.13. The highest BCUT2D eigenvalue weighted by atomic mass is 15.2. The summed E-state index contributed by atoms with van der Waals surface area (Å²) in [6.07, 6.45) is 0. The molecule has 0 atom stereocenters. The van der Waals surface area contributed by atoms with E-state index >= 15 is 0 Å². The first kappa shape index (κ1) is 13.8. The molecule has 2 heterocycles. The Morgan fingerprint density at radius 1 is 0.955 bits per heavy atom. The molecule has 1 aromatic heterocycles. The Bertz CT molecular complexity index is 797. The first-order chi connectivity index (χ1) is 10.9. The zero-order valence-electron chi connectivity index (χ0n) is 13.2. The molecule has 1 saturated heterocycles. The van der Waals surface area contributed by atoms with Gasteiger partial charge in [-0.05, 0) is 30.7 Å². The van der Waals surface area contributed by atoms with Gasteiger partial charge in [0.15, 0.2) is 0 Å². The highest BCUT2D eigenvalue weighted by Crippen LogP contribution is 2.29. The predicted molar refractivity (Wildman–Crippen MR) is 93.3 cm³/mol. The summed E-state index contributed by atoms with van der Waals surface area (Å²) in [6, 6.07) is 15.8. The smallest absolute Gasteiger partial charge is 0.0491 e. The Balaban J connectivity index is 1.78. The Morgan fingerprint density at radius 3 is 2.55 bits per heavy atom. The van der Waals surface area contributed by atoms with Crippen LogP contribution in [0.3, 0.4) is 0 Å². The Hall–Kier alpha value is -1.84. The van der Waals surface area contributed by atoms with E-state index in [1.807, 2.05) is 0 Å². The van der Waals surface area contributed by atoms with E-state index in [0.29, 0.717) is 0 Å². The predicted octanol–water partition coefficient (Wildman–Crippen LogP) is 3.22. The largest absolute Gasteiger partial charge is 0.341 e. The van der Waals surface area contributed by atoms with Crippen molar-refractivity contribution in [3.63, 3.8) is 0 Å². The topological polar surface area (TPSA) is 20.2 Å². The van der Waals surface area contributed by atoms with Crippen LogP contribution in [0.4, 0.5) is 0 Å². The number of rotatable bonds is 3. The standard InChI is InChI=1S/C19H23N3/c1-2-22-18-6-4-3-5-16(18)17-13-15(7-8-19(17)22)14-21-11-9-20-10-12-21/h3-8,13,20H,2,9-12,14H2,1H3. The van der Waals surface area contributed by atoms with Crippen molar-refractivity contribution in [2.45, 2.75) is 20.0 Å². The number of nitrogens with one attached hydrogen (secondary N) is 1. The van der Waals surface area contributed by atoms with Crippen molar-refractivity contribution in [2.24, 2.45) is 0 Å².